The van der Waals surface area contributed by atoms with Crippen molar-refractivity contribution in [3.63, 3.8) is 0 Å². The highest BCUT2D eigenvalue weighted by molar-refractivity contribution is 5.81. The Morgan fingerprint density at radius 1 is 1.13 bits per heavy atom. The molecule has 0 radical (unpaired) electrons. The molecule has 0 aromatic rings. The Kier molecular flexibility index (Phi) is 4.01. The lowest BCUT2D eigenvalue weighted by molar-refractivity contribution is 0.342. The van der Waals surface area contributed by atoms with Crippen molar-refractivity contribution in [3.05, 3.63) is 0 Å². The fourth-order valence-corrected chi connectivity index (χ4v) is 2.41. The lowest BCUT2D eigenvalue weighted by Gasteiger charge is -2.21. The number of hydrogen-bond donors (Lipinski definition) is 2. The normalized spacial score (nSPS) is 24.2. The SMILES string of the molecule is NNC(CCC1CCCCC1)=NC1CC1. The Hall–Kier alpha value is -0.570. The van der Waals surface area contributed by atoms with Gasteiger partial charge in [-0.1, -0.05) is 32.1 Å². The maximum atomic E-state index is 5.48. The lowest BCUT2D eigenvalue weighted by atomic mass is 9.86. The number of nitrogens with zero attached hydrogens (tertiary/aromatic N) is 1. The van der Waals surface area contributed by atoms with Crippen LogP contribution in [0.1, 0.15) is 57.8 Å². The van der Waals surface area contributed by atoms with Crippen LogP contribution in [0.2, 0.25) is 0 Å². The second kappa shape index (κ2) is 5.50. The van der Waals surface area contributed by atoms with E-state index in [0.717, 1.165) is 18.2 Å². The van der Waals surface area contributed by atoms with Crippen LogP contribution in [0.3, 0.4) is 0 Å². The molecule has 0 aromatic carbocycles. The van der Waals surface area contributed by atoms with Crippen molar-refractivity contribution in [1.82, 2.24) is 5.43 Å². The van der Waals surface area contributed by atoms with E-state index in [4.69, 9.17) is 5.84 Å². The van der Waals surface area contributed by atoms with E-state index < -0.39 is 0 Å². The minimum absolute atomic E-state index is 0.586. The summed E-state index contributed by atoms with van der Waals surface area (Å²) in [7, 11) is 0. The Morgan fingerprint density at radius 2 is 1.87 bits per heavy atom. The van der Waals surface area contributed by atoms with Crippen molar-refractivity contribution in [2.75, 3.05) is 0 Å². The number of nitrogens with two attached hydrogens (primary N) is 1. The van der Waals surface area contributed by atoms with Gasteiger partial charge in [-0.3, -0.25) is 4.99 Å². The molecule has 0 aromatic heterocycles. The van der Waals surface area contributed by atoms with E-state index in [9.17, 15) is 0 Å². The summed E-state index contributed by atoms with van der Waals surface area (Å²) in [6.45, 7) is 0. The summed E-state index contributed by atoms with van der Waals surface area (Å²) in [6.07, 6.45) is 12.0. The smallest absolute Gasteiger partial charge is 0.111 e. The summed E-state index contributed by atoms with van der Waals surface area (Å²) in [4.78, 5) is 4.57. The summed E-state index contributed by atoms with van der Waals surface area (Å²) in [5, 5.41) is 0. The standard InChI is InChI=1S/C12H23N3/c13-15-12(14-11-7-8-11)9-6-10-4-2-1-3-5-10/h10-11H,1-9,13H2,(H,14,15). The first-order chi connectivity index (χ1) is 7.38. The van der Waals surface area contributed by atoms with E-state index in [1.165, 1.54) is 51.4 Å². The van der Waals surface area contributed by atoms with Crippen molar-refractivity contribution in [2.45, 2.75) is 63.8 Å². The van der Waals surface area contributed by atoms with E-state index in [1.54, 1.807) is 0 Å². The number of amidine groups is 1. The monoisotopic (exact) mass is 209 g/mol. The average molecular weight is 209 g/mol. The topological polar surface area (TPSA) is 50.4 Å². The molecule has 0 bridgehead atoms. The molecule has 0 atom stereocenters. The molecule has 3 nitrogen and oxygen atoms in total. The molecule has 2 saturated carbocycles. The third-order valence-electron chi connectivity index (χ3n) is 3.57. The first-order valence-corrected chi connectivity index (χ1v) is 6.42. The maximum Gasteiger partial charge on any atom is 0.111 e. The van der Waals surface area contributed by atoms with Crippen LogP contribution in [0.5, 0.6) is 0 Å². The average Bonchev–Trinajstić information content (AvgIpc) is 3.09. The largest absolute Gasteiger partial charge is 0.312 e. The predicted molar refractivity (Wildman–Crippen MR) is 63.6 cm³/mol. The minimum atomic E-state index is 0.586. The minimum Gasteiger partial charge on any atom is -0.312 e. The van der Waals surface area contributed by atoms with Crippen LogP contribution >= 0.6 is 0 Å². The molecule has 3 N–H and O–H groups in total. The highest BCUT2D eigenvalue weighted by Crippen LogP contribution is 2.28. The van der Waals surface area contributed by atoms with E-state index in [1.807, 2.05) is 0 Å². The first kappa shape index (κ1) is 10.9. The molecule has 2 aliphatic carbocycles. The Labute approximate surface area is 92.5 Å². The van der Waals surface area contributed by atoms with Crippen LogP contribution in [0, 0.1) is 5.92 Å². The quantitative estimate of drug-likeness (QED) is 0.323. The fourth-order valence-electron chi connectivity index (χ4n) is 2.41. The van der Waals surface area contributed by atoms with Gasteiger partial charge in [0.15, 0.2) is 0 Å². The number of rotatable bonds is 4. The van der Waals surface area contributed by atoms with Gasteiger partial charge in [0.05, 0.1) is 6.04 Å². The molecule has 0 spiro atoms. The highest BCUT2D eigenvalue weighted by Gasteiger charge is 2.21. The summed E-state index contributed by atoms with van der Waals surface area (Å²) in [5.74, 6) is 7.44. The van der Waals surface area contributed by atoms with Gasteiger partial charge in [-0.05, 0) is 25.2 Å². The van der Waals surface area contributed by atoms with Crippen molar-refractivity contribution >= 4 is 5.84 Å². The number of hydrazine groups is 1. The van der Waals surface area contributed by atoms with Crippen LogP contribution in [0.15, 0.2) is 4.99 Å². The Bertz CT molecular complexity index is 215. The van der Waals surface area contributed by atoms with Gasteiger partial charge in [0.25, 0.3) is 0 Å². The molecule has 0 saturated heterocycles. The molecule has 0 aliphatic heterocycles. The van der Waals surface area contributed by atoms with Gasteiger partial charge in [0.1, 0.15) is 5.84 Å². The van der Waals surface area contributed by atoms with Gasteiger partial charge in [-0.15, -0.1) is 0 Å². The molecule has 86 valence electrons. The molecule has 0 amide bonds. The summed E-state index contributed by atoms with van der Waals surface area (Å²) in [6, 6.07) is 0.586. The van der Waals surface area contributed by atoms with Crippen molar-refractivity contribution < 1.29 is 0 Å². The first-order valence-electron chi connectivity index (χ1n) is 6.42. The van der Waals surface area contributed by atoms with Crippen molar-refractivity contribution in [2.24, 2.45) is 16.8 Å². The van der Waals surface area contributed by atoms with Crippen LogP contribution in [0.4, 0.5) is 0 Å². The zero-order valence-corrected chi connectivity index (χ0v) is 9.54. The molecule has 2 fully saturated rings. The van der Waals surface area contributed by atoms with E-state index >= 15 is 0 Å². The van der Waals surface area contributed by atoms with E-state index in [2.05, 4.69) is 10.4 Å². The number of nitrogens with one attached hydrogen (secondary N) is 1. The van der Waals surface area contributed by atoms with Gasteiger partial charge < -0.3 is 5.43 Å². The predicted octanol–water partition coefficient (Wildman–Crippen LogP) is 2.37. The second-order valence-electron chi connectivity index (χ2n) is 4.99. The number of aliphatic imine (C=N–C) groups is 1. The molecular weight excluding hydrogens is 186 g/mol. The van der Waals surface area contributed by atoms with Gasteiger partial charge in [-0.2, -0.15) is 0 Å². The summed E-state index contributed by atoms with van der Waals surface area (Å²) in [5.41, 5.74) is 2.76. The van der Waals surface area contributed by atoms with Crippen molar-refractivity contribution in [1.29, 1.82) is 0 Å². The summed E-state index contributed by atoms with van der Waals surface area (Å²) >= 11 is 0. The fraction of sp³-hybridized carbons (Fsp3) is 0.917. The molecule has 0 heterocycles. The molecular formula is C12H23N3. The van der Waals surface area contributed by atoms with Gasteiger partial charge in [0, 0.05) is 6.42 Å². The molecule has 2 aliphatic rings. The highest BCUT2D eigenvalue weighted by atomic mass is 15.3. The molecule has 15 heavy (non-hydrogen) atoms. The van der Waals surface area contributed by atoms with Crippen LogP contribution in [-0.4, -0.2) is 11.9 Å². The lowest BCUT2D eigenvalue weighted by Crippen LogP contribution is -2.31. The van der Waals surface area contributed by atoms with Crippen LogP contribution in [-0.2, 0) is 0 Å². The van der Waals surface area contributed by atoms with Crippen LogP contribution < -0.4 is 11.3 Å². The molecule has 3 heteroatoms. The van der Waals surface area contributed by atoms with E-state index in [-0.39, 0.29) is 0 Å². The second-order valence-corrected chi connectivity index (χ2v) is 4.99. The molecule has 0 unspecified atom stereocenters. The maximum absolute atomic E-state index is 5.48. The zero-order chi connectivity index (χ0) is 10.5. The van der Waals surface area contributed by atoms with Gasteiger partial charge in [-0.25, -0.2) is 5.84 Å². The third-order valence-corrected chi connectivity index (χ3v) is 3.57. The van der Waals surface area contributed by atoms with Gasteiger partial charge >= 0.3 is 0 Å². The Balaban J connectivity index is 1.69. The van der Waals surface area contributed by atoms with Crippen molar-refractivity contribution in [3.8, 4) is 0 Å². The van der Waals surface area contributed by atoms with E-state index in [0.29, 0.717) is 6.04 Å². The van der Waals surface area contributed by atoms with Crippen LogP contribution in [0.25, 0.3) is 0 Å². The third kappa shape index (κ3) is 3.82. The van der Waals surface area contributed by atoms with Gasteiger partial charge in [0.2, 0.25) is 0 Å². The number of hydrogen-bond acceptors (Lipinski definition) is 2. The molecule has 2 rings (SSSR count). The summed E-state index contributed by atoms with van der Waals surface area (Å²) < 4.78 is 0. The zero-order valence-electron chi connectivity index (χ0n) is 9.54. The Morgan fingerprint density at radius 3 is 2.47 bits per heavy atom.